The normalized spacial score (nSPS) is 13.4. The minimum Gasteiger partial charge on any atom is -0.493 e. The van der Waals surface area contributed by atoms with Gasteiger partial charge in [-0.25, -0.2) is 4.70 Å². The van der Waals surface area contributed by atoms with Gasteiger partial charge in [-0.3, -0.25) is 0 Å². The highest BCUT2D eigenvalue weighted by atomic mass is 15.2. The van der Waals surface area contributed by atoms with Gasteiger partial charge in [0.05, 0.1) is 0 Å². The highest BCUT2D eigenvalue weighted by molar-refractivity contribution is 5.82. The molecule has 3 rings (SSSR count). The van der Waals surface area contributed by atoms with Gasteiger partial charge in [0.15, 0.2) is 0 Å². The van der Waals surface area contributed by atoms with E-state index in [0.717, 1.165) is 56.3 Å². The predicted molar refractivity (Wildman–Crippen MR) is 207 cm³/mol. The summed E-state index contributed by atoms with van der Waals surface area (Å²) in [5.74, 6) is 0. The second kappa shape index (κ2) is 22.2. The third kappa shape index (κ3) is 12.5. The van der Waals surface area contributed by atoms with Gasteiger partial charge in [-0.2, -0.15) is 0 Å². The van der Waals surface area contributed by atoms with E-state index < -0.39 is 0 Å². The number of aryl methyl sites for hydroxylation is 4. The summed E-state index contributed by atoms with van der Waals surface area (Å²) in [5, 5.41) is 0. The van der Waals surface area contributed by atoms with Crippen molar-refractivity contribution in [3.63, 3.8) is 0 Å². The van der Waals surface area contributed by atoms with Crippen molar-refractivity contribution >= 4 is 11.4 Å². The molecule has 2 aromatic rings. The molecule has 1 aliphatic heterocycles. The molecule has 0 bridgehead atoms. The zero-order valence-electron chi connectivity index (χ0n) is 31.6. The number of benzene rings is 2. The lowest BCUT2D eigenvalue weighted by Gasteiger charge is -2.15. The van der Waals surface area contributed by atoms with E-state index in [1.165, 1.54) is 147 Å². The number of hydrogen-bond acceptors (Lipinski definition) is 0. The first-order valence-electron chi connectivity index (χ1n) is 20.2. The highest BCUT2D eigenvalue weighted by Crippen LogP contribution is 2.43. The summed E-state index contributed by atoms with van der Waals surface area (Å²) >= 11 is 0. The second-order valence-electron chi connectivity index (χ2n) is 14.5. The molecule has 2 nitrogen and oxygen atoms in total. The Hall–Kier alpha value is -2.48. The molecule has 0 amide bonds. The monoisotopic (exact) mass is 639 g/mol. The molecular weight excluding hydrogens is 569 g/mol. The molecule has 260 valence electrons. The van der Waals surface area contributed by atoms with Gasteiger partial charge in [0.1, 0.15) is 0 Å². The maximum absolute atomic E-state index is 12.2. The Balaban J connectivity index is 1.97. The molecule has 0 N–H and O–H groups in total. The Morgan fingerprint density at radius 2 is 0.745 bits per heavy atom. The summed E-state index contributed by atoms with van der Waals surface area (Å²) in [6.07, 6.45) is 28.4. The largest absolute Gasteiger partial charge is 0.493 e. The SMILES string of the molecule is CCCCCCCCc1cc(CCCC)cc(C2=C(C)C(CCCC)=C(c3cc(CCCC)cc(CCCCCCCC)c3)[N+]2=[N-])c1. The van der Waals surface area contributed by atoms with Crippen LogP contribution in [0.4, 0.5) is 0 Å². The maximum atomic E-state index is 12.2. The number of allylic oxidation sites excluding steroid dienone is 2. The standard InChI is InChI=1S/C45H70N2/c1-7-12-17-19-21-23-27-39-30-37(25-14-9-3)32-41(33-39)44-36(6)43(29-16-11-5)45(47(44)46)42-34-38(26-15-10-4)31-40(35-42)28-24-22-20-18-13-8-2/h30-35H,7-29H2,1-6H3. The van der Waals surface area contributed by atoms with Crippen LogP contribution in [-0.2, 0) is 25.7 Å². The molecule has 0 aromatic heterocycles. The van der Waals surface area contributed by atoms with Crippen molar-refractivity contribution in [2.24, 2.45) is 0 Å². The number of rotatable bonds is 25. The minimum absolute atomic E-state index is 1.00. The molecule has 1 heterocycles. The van der Waals surface area contributed by atoms with Crippen molar-refractivity contribution in [1.82, 2.24) is 0 Å². The Bertz CT molecular complexity index is 1290. The Morgan fingerprint density at radius 1 is 0.404 bits per heavy atom. The Morgan fingerprint density at radius 3 is 1.17 bits per heavy atom. The van der Waals surface area contributed by atoms with E-state index in [1.807, 2.05) is 0 Å². The van der Waals surface area contributed by atoms with Crippen LogP contribution in [0.25, 0.3) is 16.9 Å². The molecular formula is C45H70N2. The lowest BCUT2D eigenvalue weighted by molar-refractivity contribution is -0.345. The molecule has 0 saturated carbocycles. The zero-order valence-corrected chi connectivity index (χ0v) is 31.6. The van der Waals surface area contributed by atoms with Crippen LogP contribution in [0.5, 0.6) is 0 Å². The van der Waals surface area contributed by atoms with Crippen LogP contribution in [0.3, 0.4) is 0 Å². The van der Waals surface area contributed by atoms with Gasteiger partial charge in [0.2, 0.25) is 11.4 Å². The Kier molecular flexibility index (Phi) is 18.4. The molecule has 47 heavy (non-hydrogen) atoms. The number of nitrogens with zero attached hydrogens (tertiary/aromatic N) is 2. The van der Waals surface area contributed by atoms with Crippen LogP contribution in [-0.4, -0.2) is 4.70 Å². The molecule has 0 unspecified atom stereocenters. The molecule has 0 aliphatic carbocycles. The molecule has 2 heteroatoms. The van der Waals surface area contributed by atoms with Crippen molar-refractivity contribution in [3.8, 4) is 0 Å². The van der Waals surface area contributed by atoms with E-state index in [4.69, 9.17) is 0 Å². The fourth-order valence-corrected chi connectivity index (χ4v) is 7.37. The van der Waals surface area contributed by atoms with E-state index in [2.05, 4.69) is 77.9 Å². The molecule has 0 spiro atoms. The van der Waals surface area contributed by atoms with Gasteiger partial charge < -0.3 is 5.53 Å². The van der Waals surface area contributed by atoms with Crippen LogP contribution in [0.15, 0.2) is 47.5 Å². The molecule has 2 aromatic carbocycles. The second-order valence-corrected chi connectivity index (χ2v) is 14.5. The van der Waals surface area contributed by atoms with Crippen molar-refractivity contribution in [2.75, 3.05) is 0 Å². The molecule has 0 saturated heterocycles. The zero-order chi connectivity index (χ0) is 33.9. The van der Waals surface area contributed by atoms with Gasteiger partial charge in [0.25, 0.3) is 0 Å². The fourth-order valence-electron chi connectivity index (χ4n) is 7.37. The molecule has 0 fully saturated rings. The third-order valence-electron chi connectivity index (χ3n) is 10.2. The smallest absolute Gasteiger partial charge is 0.211 e. The van der Waals surface area contributed by atoms with Gasteiger partial charge in [-0.05, 0) is 118 Å². The lowest BCUT2D eigenvalue weighted by atomic mass is 9.92. The maximum Gasteiger partial charge on any atom is 0.211 e. The predicted octanol–water partition coefficient (Wildman–Crippen LogP) is 14.6. The van der Waals surface area contributed by atoms with Crippen LogP contribution in [0.1, 0.15) is 197 Å². The van der Waals surface area contributed by atoms with Crippen molar-refractivity contribution in [2.45, 2.75) is 189 Å². The summed E-state index contributed by atoms with van der Waals surface area (Å²) in [7, 11) is 0. The quantitative estimate of drug-likeness (QED) is 0.0764. The Labute approximate surface area is 291 Å². The number of hydrogen-bond donors (Lipinski definition) is 0. The van der Waals surface area contributed by atoms with Crippen molar-refractivity contribution in [1.29, 1.82) is 0 Å². The van der Waals surface area contributed by atoms with E-state index in [0.29, 0.717) is 0 Å². The van der Waals surface area contributed by atoms with Gasteiger partial charge in [-0.15, -0.1) is 0 Å². The van der Waals surface area contributed by atoms with Gasteiger partial charge in [-0.1, -0.05) is 130 Å². The van der Waals surface area contributed by atoms with Crippen LogP contribution in [0, 0.1) is 0 Å². The third-order valence-corrected chi connectivity index (χ3v) is 10.2. The summed E-state index contributed by atoms with van der Waals surface area (Å²) < 4.78 is 1.60. The summed E-state index contributed by atoms with van der Waals surface area (Å²) in [4.78, 5) is 0. The minimum atomic E-state index is 1.00. The van der Waals surface area contributed by atoms with E-state index in [1.54, 1.807) is 4.70 Å². The van der Waals surface area contributed by atoms with Crippen LogP contribution < -0.4 is 0 Å². The van der Waals surface area contributed by atoms with E-state index >= 15 is 0 Å². The first-order valence-corrected chi connectivity index (χ1v) is 20.2. The van der Waals surface area contributed by atoms with Gasteiger partial charge >= 0.3 is 0 Å². The van der Waals surface area contributed by atoms with E-state index in [-0.39, 0.29) is 0 Å². The average molecular weight is 639 g/mol. The first kappa shape index (κ1) is 39.0. The van der Waals surface area contributed by atoms with Crippen molar-refractivity contribution < 1.29 is 4.70 Å². The average Bonchev–Trinajstić information content (AvgIpc) is 3.33. The fraction of sp³-hybridized carbons (Fsp3) is 0.644. The molecule has 1 aliphatic rings. The topological polar surface area (TPSA) is 25.3 Å². The molecule has 0 radical (unpaired) electrons. The summed E-state index contributed by atoms with van der Waals surface area (Å²) in [5.41, 5.74) is 25.0. The first-order chi connectivity index (χ1) is 23.0. The lowest BCUT2D eigenvalue weighted by Crippen LogP contribution is -2.05. The van der Waals surface area contributed by atoms with Crippen LogP contribution in [0.2, 0.25) is 0 Å². The number of unbranched alkanes of at least 4 members (excludes halogenated alkanes) is 13. The van der Waals surface area contributed by atoms with Crippen molar-refractivity contribution in [3.05, 3.63) is 86.5 Å². The van der Waals surface area contributed by atoms with E-state index in [9.17, 15) is 5.53 Å². The van der Waals surface area contributed by atoms with Gasteiger partial charge in [0, 0.05) is 22.3 Å². The van der Waals surface area contributed by atoms with Crippen LogP contribution >= 0.6 is 0 Å². The summed E-state index contributed by atoms with van der Waals surface area (Å²) in [6, 6.07) is 14.5. The highest BCUT2D eigenvalue weighted by Gasteiger charge is 2.34. The summed E-state index contributed by atoms with van der Waals surface area (Å²) in [6.45, 7) is 13.7. The molecule has 0 atom stereocenters.